The molecule has 0 aliphatic carbocycles. The highest BCUT2D eigenvalue weighted by Crippen LogP contribution is 2.20. The predicted molar refractivity (Wildman–Crippen MR) is 80.9 cm³/mol. The molecule has 0 fully saturated rings. The van der Waals surface area contributed by atoms with Crippen molar-refractivity contribution >= 4 is 17.3 Å². The molecule has 1 aromatic heterocycles. The van der Waals surface area contributed by atoms with Crippen molar-refractivity contribution in [1.82, 2.24) is 9.78 Å². The number of nitrogens with one attached hydrogen (secondary N) is 1. The summed E-state index contributed by atoms with van der Waals surface area (Å²) < 4.78 is 1.91. The Bertz CT molecular complexity index is 558. The highest BCUT2D eigenvalue weighted by Gasteiger charge is 2.12. The third-order valence-electron chi connectivity index (χ3n) is 3.35. The zero-order valence-corrected chi connectivity index (χ0v) is 12.6. The Morgan fingerprint density at radius 3 is 2.42 bits per heavy atom. The van der Waals surface area contributed by atoms with Crippen LogP contribution < -0.4 is 5.32 Å². The van der Waals surface area contributed by atoms with E-state index in [-0.39, 0.29) is 0 Å². The maximum atomic E-state index is 5.90. The highest BCUT2D eigenvalue weighted by atomic mass is 35.5. The number of halogens is 1. The highest BCUT2D eigenvalue weighted by molar-refractivity contribution is 6.30. The summed E-state index contributed by atoms with van der Waals surface area (Å²) in [5.41, 5.74) is 4.64. The number of hydrogen-bond acceptors (Lipinski definition) is 2. The van der Waals surface area contributed by atoms with Gasteiger partial charge in [-0.25, -0.2) is 0 Å². The van der Waals surface area contributed by atoms with Gasteiger partial charge in [0.15, 0.2) is 0 Å². The molecule has 1 aromatic carbocycles. The van der Waals surface area contributed by atoms with E-state index in [9.17, 15) is 0 Å². The van der Waals surface area contributed by atoms with Crippen molar-refractivity contribution in [2.75, 3.05) is 5.32 Å². The van der Waals surface area contributed by atoms with Gasteiger partial charge in [0, 0.05) is 18.1 Å². The first-order chi connectivity index (χ1) is 8.97. The van der Waals surface area contributed by atoms with Gasteiger partial charge < -0.3 is 5.32 Å². The van der Waals surface area contributed by atoms with E-state index in [2.05, 4.69) is 36.4 Å². The van der Waals surface area contributed by atoms with Crippen LogP contribution in [0, 0.1) is 13.8 Å². The zero-order valence-electron chi connectivity index (χ0n) is 11.9. The standard InChI is InChI=1S/C15H20ClN3/c1-10(9-13-5-7-14(16)8-6-13)17-15-11(2)18-19(4)12(15)3/h5-8,10,17H,9H2,1-4H3. The van der Waals surface area contributed by atoms with Crippen LogP contribution in [-0.2, 0) is 13.5 Å². The van der Waals surface area contributed by atoms with Crippen molar-refractivity contribution in [2.45, 2.75) is 33.2 Å². The van der Waals surface area contributed by atoms with Crippen LogP contribution in [0.5, 0.6) is 0 Å². The van der Waals surface area contributed by atoms with Crippen molar-refractivity contribution in [2.24, 2.45) is 7.05 Å². The van der Waals surface area contributed by atoms with Crippen LogP contribution in [0.1, 0.15) is 23.9 Å². The molecule has 0 spiro atoms. The Morgan fingerprint density at radius 1 is 1.26 bits per heavy atom. The van der Waals surface area contributed by atoms with Gasteiger partial charge in [-0.2, -0.15) is 5.10 Å². The number of aryl methyl sites for hydroxylation is 2. The molecule has 1 N–H and O–H groups in total. The van der Waals surface area contributed by atoms with Crippen LogP contribution in [0.15, 0.2) is 24.3 Å². The molecule has 0 bridgehead atoms. The van der Waals surface area contributed by atoms with Gasteiger partial charge in [0.2, 0.25) is 0 Å². The second-order valence-corrected chi connectivity index (χ2v) is 5.48. The van der Waals surface area contributed by atoms with Gasteiger partial charge in [0.05, 0.1) is 17.1 Å². The Hall–Kier alpha value is -1.48. The quantitative estimate of drug-likeness (QED) is 0.923. The Morgan fingerprint density at radius 2 is 1.89 bits per heavy atom. The van der Waals surface area contributed by atoms with Crippen LogP contribution in [-0.4, -0.2) is 15.8 Å². The van der Waals surface area contributed by atoms with Gasteiger partial charge in [-0.1, -0.05) is 23.7 Å². The topological polar surface area (TPSA) is 29.9 Å². The third kappa shape index (κ3) is 3.29. The number of benzene rings is 1. The first kappa shape index (κ1) is 13.9. The van der Waals surface area contributed by atoms with Gasteiger partial charge in [0.1, 0.15) is 0 Å². The Kier molecular flexibility index (Phi) is 4.15. The molecule has 0 saturated carbocycles. The van der Waals surface area contributed by atoms with E-state index in [1.54, 1.807) is 0 Å². The van der Waals surface area contributed by atoms with Gasteiger partial charge in [0.25, 0.3) is 0 Å². The molecule has 1 unspecified atom stereocenters. The first-order valence-electron chi connectivity index (χ1n) is 6.48. The van der Waals surface area contributed by atoms with Crippen LogP contribution in [0.25, 0.3) is 0 Å². The molecule has 1 atom stereocenters. The van der Waals surface area contributed by atoms with Crippen LogP contribution in [0.4, 0.5) is 5.69 Å². The molecule has 3 nitrogen and oxygen atoms in total. The molecular weight excluding hydrogens is 258 g/mol. The fraction of sp³-hybridized carbons (Fsp3) is 0.400. The minimum absolute atomic E-state index is 0.350. The molecule has 2 aromatic rings. The lowest BCUT2D eigenvalue weighted by atomic mass is 10.1. The molecule has 102 valence electrons. The van der Waals surface area contributed by atoms with E-state index < -0.39 is 0 Å². The van der Waals surface area contributed by atoms with Crippen LogP contribution in [0.3, 0.4) is 0 Å². The summed E-state index contributed by atoms with van der Waals surface area (Å²) in [5.74, 6) is 0. The summed E-state index contributed by atoms with van der Waals surface area (Å²) in [4.78, 5) is 0. The summed E-state index contributed by atoms with van der Waals surface area (Å²) in [6, 6.07) is 8.36. The predicted octanol–water partition coefficient (Wildman–Crippen LogP) is 3.73. The first-order valence-corrected chi connectivity index (χ1v) is 6.86. The fourth-order valence-electron chi connectivity index (χ4n) is 2.25. The third-order valence-corrected chi connectivity index (χ3v) is 3.61. The van der Waals surface area contributed by atoms with Crippen molar-refractivity contribution in [3.8, 4) is 0 Å². The van der Waals surface area contributed by atoms with E-state index in [1.165, 1.54) is 11.3 Å². The van der Waals surface area contributed by atoms with Crippen LogP contribution in [0.2, 0.25) is 5.02 Å². The average molecular weight is 278 g/mol. The Labute approximate surface area is 119 Å². The lowest BCUT2D eigenvalue weighted by Crippen LogP contribution is -2.19. The largest absolute Gasteiger partial charge is 0.379 e. The molecule has 2 rings (SSSR count). The van der Waals surface area contributed by atoms with Gasteiger partial charge in [-0.3, -0.25) is 4.68 Å². The molecule has 0 radical (unpaired) electrons. The van der Waals surface area contributed by atoms with Crippen molar-refractivity contribution in [3.05, 3.63) is 46.2 Å². The number of hydrogen-bond donors (Lipinski definition) is 1. The summed E-state index contributed by atoms with van der Waals surface area (Å²) in [7, 11) is 1.97. The lowest BCUT2D eigenvalue weighted by molar-refractivity contribution is 0.730. The zero-order chi connectivity index (χ0) is 14.0. The van der Waals surface area contributed by atoms with Crippen molar-refractivity contribution < 1.29 is 0 Å². The molecule has 1 heterocycles. The van der Waals surface area contributed by atoms with Crippen LogP contribution >= 0.6 is 11.6 Å². The van der Waals surface area contributed by atoms with E-state index in [1.807, 2.05) is 30.8 Å². The van der Waals surface area contributed by atoms with E-state index in [0.717, 1.165) is 22.8 Å². The summed E-state index contributed by atoms with van der Waals surface area (Å²) in [5, 5.41) is 8.75. The molecular formula is C15H20ClN3. The fourth-order valence-corrected chi connectivity index (χ4v) is 2.38. The van der Waals surface area contributed by atoms with E-state index in [4.69, 9.17) is 11.6 Å². The summed E-state index contributed by atoms with van der Waals surface area (Å²) in [6.45, 7) is 6.29. The maximum Gasteiger partial charge on any atom is 0.0827 e. The minimum atomic E-state index is 0.350. The van der Waals surface area contributed by atoms with Gasteiger partial charge in [-0.15, -0.1) is 0 Å². The second kappa shape index (κ2) is 5.66. The molecule has 0 saturated heterocycles. The number of rotatable bonds is 4. The van der Waals surface area contributed by atoms with E-state index in [0.29, 0.717) is 6.04 Å². The molecule has 0 aliphatic heterocycles. The number of aromatic nitrogens is 2. The normalized spacial score (nSPS) is 12.5. The number of anilines is 1. The summed E-state index contributed by atoms with van der Waals surface area (Å²) in [6.07, 6.45) is 0.963. The van der Waals surface area contributed by atoms with E-state index >= 15 is 0 Å². The monoisotopic (exact) mass is 277 g/mol. The molecule has 0 aliphatic rings. The molecule has 19 heavy (non-hydrogen) atoms. The van der Waals surface area contributed by atoms with Crippen molar-refractivity contribution in [1.29, 1.82) is 0 Å². The average Bonchev–Trinajstić information content (AvgIpc) is 2.59. The second-order valence-electron chi connectivity index (χ2n) is 5.05. The summed E-state index contributed by atoms with van der Waals surface area (Å²) >= 11 is 5.90. The van der Waals surface area contributed by atoms with Gasteiger partial charge in [-0.05, 0) is 44.9 Å². The lowest BCUT2D eigenvalue weighted by Gasteiger charge is -2.15. The molecule has 4 heteroatoms. The maximum absolute atomic E-state index is 5.90. The SMILES string of the molecule is Cc1nn(C)c(C)c1NC(C)Cc1ccc(Cl)cc1. The van der Waals surface area contributed by atoms with Crippen molar-refractivity contribution in [3.63, 3.8) is 0 Å². The molecule has 0 amide bonds. The smallest absolute Gasteiger partial charge is 0.0827 e. The van der Waals surface area contributed by atoms with Gasteiger partial charge >= 0.3 is 0 Å². The number of nitrogens with zero attached hydrogens (tertiary/aromatic N) is 2. The Balaban J connectivity index is 2.05. The minimum Gasteiger partial charge on any atom is -0.379 e.